The molecule has 1 N–H and O–H groups in total. The van der Waals surface area contributed by atoms with E-state index in [1.807, 2.05) is 6.92 Å². The number of carbonyl (C=O) groups is 1. The molecule has 0 radical (unpaired) electrons. The van der Waals surface area contributed by atoms with E-state index >= 15 is 0 Å². The Morgan fingerprint density at radius 1 is 1.43 bits per heavy atom. The maximum absolute atomic E-state index is 11.5. The summed E-state index contributed by atoms with van der Waals surface area (Å²) in [6.45, 7) is 2.50. The molecule has 0 heterocycles. The van der Waals surface area contributed by atoms with E-state index in [2.05, 4.69) is 0 Å². The van der Waals surface area contributed by atoms with Gasteiger partial charge in [0.15, 0.2) is 0 Å². The van der Waals surface area contributed by atoms with Gasteiger partial charge in [0, 0.05) is 20.0 Å². The van der Waals surface area contributed by atoms with Gasteiger partial charge in [-0.15, -0.1) is 0 Å². The highest BCUT2D eigenvalue weighted by Crippen LogP contribution is 2.29. The van der Waals surface area contributed by atoms with Gasteiger partial charge >= 0.3 is 0 Å². The number of nitrogens with zero attached hydrogens (tertiary/aromatic N) is 1. The van der Waals surface area contributed by atoms with Crippen LogP contribution in [0.25, 0.3) is 0 Å². The highest BCUT2D eigenvalue weighted by Gasteiger charge is 2.33. The molecule has 1 aliphatic carbocycles. The maximum Gasteiger partial charge on any atom is 0.222 e. The van der Waals surface area contributed by atoms with Crippen LogP contribution in [0.1, 0.15) is 45.4 Å². The Kier molecular flexibility index (Phi) is 3.93. The lowest BCUT2D eigenvalue weighted by Gasteiger charge is -2.28. The van der Waals surface area contributed by atoms with Crippen molar-refractivity contribution in [2.24, 2.45) is 0 Å². The molecule has 82 valence electrons. The lowest BCUT2D eigenvalue weighted by molar-refractivity contribution is -0.133. The SMILES string of the molecule is CCCC(=O)N(C)CC1(O)CCCC1. The summed E-state index contributed by atoms with van der Waals surface area (Å²) in [6, 6.07) is 0. The number of carbonyl (C=O) groups excluding carboxylic acids is 1. The van der Waals surface area contributed by atoms with E-state index < -0.39 is 5.60 Å². The van der Waals surface area contributed by atoms with Crippen molar-refractivity contribution >= 4 is 5.91 Å². The molecule has 0 saturated heterocycles. The highest BCUT2D eigenvalue weighted by atomic mass is 16.3. The van der Waals surface area contributed by atoms with E-state index in [9.17, 15) is 9.90 Å². The Morgan fingerprint density at radius 2 is 2.00 bits per heavy atom. The summed E-state index contributed by atoms with van der Waals surface area (Å²) in [4.78, 5) is 13.2. The maximum atomic E-state index is 11.5. The second kappa shape index (κ2) is 4.78. The van der Waals surface area contributed by atoms with Gasteiger partial charge in [-0.1, -0.05) is 19.8 Å². The first-order valence-corrected chi connectivity index (χ1v) is 5.54. The molecule has 0 atom stereocenters. The largest absolute Gasteiger partial charge is 0.388 e. The molecule has 3 nitrogen and oxygen atoms in total. The molecule has 0 aromatic heterocycles. The van der Waals surface area contributed by atoms with Crippen LogP contribution in [0.5, 0.6) is 0 Å². The highest BCUT2D eigenvalue weighted by molar-refractivity contribution is 5.75. The van der Waals surface area contributed by atoms with Crippen molar-refractivity contribution in [3.05, 3.63) is 0 Å². The second-order valence-electron chi connectivity index (χ2n) is 4.43. The lowest BCUT2D eigenvalue weighted by Crippen LogP contribution is -2.41. The van der Waals surface area contributed by atoms with Crippen LogP contribution in [-0.2, 0) is 4.79 Å². The van der Waals surface area contributed by atoms with Crippen LogP contribution in [0.2, 0.25) is 0 Å². The van der Waals surface area contributed by atoms with Gasteiger partial charge < -0.3 is 10.0 Å². The van der Waals surface area contributed by atoms with Crippen LogP contribution in [0.4, 0.5) is 0 Å². The van der Waals surface area contributed by atoms with Gasteiger partial charge in [0.25, 0.3) is 0 Å². The minimum Gasteiger partial charge on any atom is -0.388 e. The summed E-state index contributed by atoms with van der Waals surface area (Å²) in [5.41, 5.74) is -0.599. The molecule has 1 amide bonds. The molecule has 3 heteroatoms. The first kappa shape index (κ1) is 11.5. The minimum atomic E-state index is -0.599. The smallest absolute Gasteiger partial charge is 0.222 e. The zero-order chi connectivity index (χ0) is 10.6. The molecule has 1 aliphatic rings. The van der Waals surface area contributed by atoms with Gasteiger partial charge in [0.1, 0.15) is 0 Å². The fourth-order valence-corrected chi connectivity index (χ4v) is 2.13. The fourth-order valence-electron chi connectivity index (χ4n) is 2.13. The Morgan fingerprint density at radius 3 is 2.50 bits per heavy atom. The number of amides is 1. The van der Waals surface area contributed by atoms with Crippen LogP contribution in [-0.4, -0.2) is 35.1 Å². The average Bonchev–Trinajstić information content (AvgIpc) is 2.52. The number of rotatable bonds is 4. The predicted octanol–water partition coefficient (Wildman–Crippen LogP) is 1.55. The summed E-state index contributed by atoms with van der Waals surface area (Å²) in [6.07, 6.45) is 5.33. The van der Waals surface area contributed by atoms with Gasteiger partial charge in [-0.2, -0.15) is 0 Å². The first-order chi connectivity index (χ1) is 6.57. The van der Waals surface area contributed by atoms with Crippen molar-refractivity contribution in [3.63, 3.8) is 0 Å². The number of likely N-dealkylation sites (N-methyl/N-ethyl adjacent to an activating group) is 1. The van der Waals surface area contributed by atoms with Gasteiger partial charge in [-0.3, -0.25) is 4.79 Å². The van der Waals surface area contributed by atoms with E-state index in [4.69, 9.17) is 0 Å². The van der Waals surface area contributed by atoms with E-state index in [1.54, 1.807) is 11.9 Å². The van der Waals surface area contributed by atoms with Gasteiger partial charge in [-0.05, 0) is 19.3 Å². The third-order valence-corrected chi connectivity index (χ3v) is 2.96. The molecule has 0 spiro atoms. The zero-order valence-corrected chi connectivity index (χ0v) is 9.25. The van der Waals surface area contributed by atoms with Crippen molar-refractivity contribution in [1.29, 1.82) is 0 Å². The Bertz CT molecular complexity index is 197. The molecule has 0 aromatic carbocycles. The summed E-state index contributed by atoms with van der Waals surface area (Å²) < 4.78 is 0. The van der Waals surface area contributed by atoms with E-state index in [0.29, 0.717) is 13.0 Å². The van der Waals surface area contributed by atoms with Crippen LogP contribution in [0.3, 0.4) is 0 Å². The Balaban J connectivity index is 2.38. The lowest BCUT2D eigenvalue weighted by atomic mass is 10.0. The molecule has 1 rings (SSSR count). The quantitative estimate of drug-likeness (QED) is 0.746. The summed E-state index contributed by atoms with van der Waals surface area (Å²) in [7, 11) is 1.79. The van der Waals surface area contributed by atoms with Crippen molar-refractivity contribution in [1.82, 2.24) is 4.90 Å². The Labute approximate surface area is 86.1 Å². The molecular weight excluding hydrogens is 178 g/mol. The zero-order valence-electron chi connectivity index (χ0n) is 9.25. The van der Waals surface area contributed by atoms with Crippen LogP contribution in [0.15, 0.2) is 0 Å². The number of hydrogen-bond acceptors (Lipinski definition) is 2. The molecule has 0 bridgehead atoms. The molecular formula is C11H21NO2. The molecule has 0 aromatic rings. The second-order valence-corrected chi connectivity index (χ2v) is 4.43. The number of aliphatic hydroxyl groups is 1. The Hall–Kier alpha value is -0.570. The monoisotopic (exact) mass is 199 g/mol. The topological polar surface area (TPSA) is 40.5 Å². The van der Waals surface area contributed by atoms with E-state index in [1.165, 1.54) is 0 Å². The number of hydrogen-bond donors (Lipinski definition) is 1. The summed E-state index contributed by atoms with van der Waals surface area (Å²) in [5, 5.41) is 10.1. The van der Waals surface area contributed by atoms with E-state index in [0.717, 1.165) is 32.1 Å². The molecule has 1 fully saturated rings. The normalized spacial score (nSPS) is 19.6. The predicted molar refractivity (Wildman–Crippen MR) is 56.0 cm³/mol. The van der Waals surface area contributed by atoms with Gasteiger partial charge in [0.05, 0.1) is 5.60 Å². The van der Waals surface area contributed by atoms with Gasteiger partial charge in [0.2, 0.25) is 5.91 Å². The van der Waals surface area contributed by atoms with Crippen molar-refractivity contribution in [2.45, 2.75) is 51.0 Å². The fraction of sp³-hybridized carbons (Fsp3) is 0.909. The third kappa shape index (κ3) is 2.98. The minimum absolute atomic E-state index is 0.146. The first-order valence-electron chi connectivity index (χ1n) is 5.54. The van der Waals surface area contributed by atoms with E-state index in [-0.39, 0.29) is 5.91 Å². The standard InChI is InChI=1S/C11H21NO2/c1-3-6-10(13)12(2)9-11(14)7-4-5-8-11/h14H,3-9H2,1-2H3. The van der Waals surface area contributed by atoms with Crippen molar-refractivity contribution in [3.8, 4) is 0 Å². The summed E-state index contributed by atoms with van der Waals surface area (Å²) in [5.74, 6) is 0.146. The van der Waals surface area contributed by atoms with Crippen molar-refractivity contribution in [2.75, 3.05) is 13.6 Å². The molecule has 14 heavy (non-hydrogen) atoms. The van der Waals surface area contributed by atoms with Crippen molar-refractivity contribution < 1.29 is 9.90 Å². The average molecular weight is 199 g/mol. The molecule has 0 aliphatic heterocycles. The van der Waals surface area contributed by atoms with Gasteiger partial charge in [-0.25, -0.2) is 0 Å². The van der Waals surface area contributed by atoms with Crippen LogP contribution < -0.4 is 0 Å². The molecule has 0 unspecified atom stereocenters. The third-order valence-electron chi connectivity index (χ3n) is 2.96. The summed E-state index contributed by atoms with van der Waals surface area (Å²) >= 11 is 0. The van der Waals surface area contributed by atoms with Crippen LogP contribution >= 0.6 is 0 Å². The van der Waals surface area contributed by atoms with Crippen LogP contribution in [0, 0.1) is 0 Å². The molecule has 1 saturated carbocycles.